The Bertz CT molecular complexity index is 396. The summed E-state index contributed by atoms with van der Waals surface area (Å²) in [6.07, 6.45) is 7.81. The molecule has 1 saturated heterocycles. The molecule has 1 unspecified atom stereocenters. The van der Waals surface area contributed by atoms with Gasteiger partial charge < -0.3 is 15.3 Å². The Morgan fingerprint density at radius 3 is 2.24 bits per heavy atom. The van der Waals surface area contributed by atoms with Crippen molar-refractivity contribution in [3.63, 3.8) is 0 Å². The van der Waals surface area contributed by atoms with Crippen LogP contribution < -0.4 is 5.32 Å². The highest BCUT2D eigenvalue weighted by Crippen LogP contribution is 2.37. The zero-order chi connectivity index (χ0) is 15.5. The van der Waals surface area contributed by atoms with Crippen LogP contribution in [0, 0.1) is 0 Å². The number of carboxylic acid groups (broad SMARTS) is 1. The van der Waals surface area contributed by atoms with Crippen LogP contribution in [0.1, 0.15) is 64.7 Å². The third-order valence-electron chi connectivity index (χ3n) is 5.37. The van der Waals surface area contributed by atoms with Gasteiger partial charge in [-0.2, -0.15) is 0 Å². The van der Waals surface area contributed by atoms with E-state index in [9.17, 15) is 14.7 Å². The minimum absolute atomic E-state index is 0.0605. The average molecular weight is 296 g/mol. The largest absolute Gasteiger partial charge is 0.481 e. The molecule has 5 nitrogen and oxygen atoms in total. The molecule has 1 aliphatic carbocycles. The van der Waals surface area contributed by atoms with Gasteiger partial charge in [-0.1, -0.05) is 19.3 Å². The maximum atomic E-state index is 13.0. The first-order valence-corrected chi connectivity index (χ1v) is 8.15. The highest BCUT2D eigenvalue weighted by molar-refractivity contribution is 5.87. The number of rotatable bonds is 4. The van der Waals surface area contributed by atoms with E-state index in [1.165, 1.54) is 0 Å². The highest BCUT2D eigenvalue weighted by atomic mass is 16.4. The molecule has 2 rings (SSSR count). The van der Waals surface area contributed by atoms with Crippen LogP contribution in [-0.4, -0.2) is 46.6 Å². The topological polar surface area (TPSA) is 69.6 Å². The van der Waals surface area contributed by atoms with Gasteiger partial charge in [-0.3, -0.25) is 9.59 Å². The van der Waals surface area contributed by atoms with Crippen molar-refractivity contribution in [2.75, 3.05) is 13.6 Å². The lowest BCUT2D eigenvalue weighted by atomic mass is 9.76. The number of carbonyl (C=O) groups excluding carboxylic acids is 1. The predicted octanol–water partition coefficient (Wildman–Crippen LogP) is 2.15. The molecule has 0 bridgehead atoms. The van der Waals surface area contributed by atoms with E-state index >= 15 is 0 Å². The van der Waals surface area contributed by atoms with Gasteiger partial charge in [0.05, 0.1) is 17.5 Å². The van der Waals surface area contributed by atoms with Crippen molar-refractivity contribution in [2.45, 2.75) is 75.8 Å². The number of aliphatic carboxylic acids is 1. The number of hydrogen-bond acceptors (Lipinski definition) is 3. The number of nitrogens with one attached hydrogen (secondary N) is 1. The number of carboxylic acids is 1. The molecular formula is C16H28N2O3. The van der Waals surface area contributed by atoms with E-state index in [1.54, 1.807) is 11.9 Å². The molecule has 1 amide bonds. The fourth-order valence-electron chi connectivity index (χ4n) is 3.95. The molecule has 0 aromatic carbocycles. The van der Waals surface area contributed by atoms with Gasteiger partial charge in [0, 0.05) is 7.05 Å². The SMILES string of the molecule is CN(C(=O)C1(C)CCCCN1)C1(CC(=O)O)CCCCC1. The maximum Gasteiger partial charge on any atom is 0.305 e. The van der Waals surface area contributed by atoms with Gasteiger partial charge in [-0.15, -0.1) is 0 Å². The second kappa shape index (κ2) is 6.34. The van der Waals surface area contributed by atoms with Crippen LogP contribution in [0.3, 0.4) is 0 Å². The van der Waals surface area contributed by atoms with E-state index in [1.807, 2.05) is 6.92 Å². The van der Waals surface area contributed by atoms with Crippen molar-refractivity contribution in [3.05, 3.63) is 0 Å². The Morgan fingerprint density at radius 1 is 1.10 bits per heavy atom. The first-order chi connectivity index (χ1) is 9.90. The molecule has 1 heterocycles. The van der Waals surface area contributed by atoms with Gasteiger partial charge in [0.2, 0.25) is 5.91 Å². The standard InChI is InChI=1S/C16H28N2O3/c1-15(8-6-7-11-17-15)14(21)18(2)16(12-13(19)20)9-4-3-5-10-16/h17H,3-12H2,1-2H3,(H,19,20). The molecule has 0 aromatic heterocycles. The fraction of sp³-hybridized carbons (Fsp3) is 0.875. The molecular weight excluding hydrogens is 268 g/mol. The number of carbonyl (C=O) groups is 2. The van der Waals surface area contributed by atoms with Gasteiger partial charge in [-0.05, 0) is 45.6 Å². The van der Waals surface area contributed by atoms with Crippen molar-refractivity contribution in [3.8, 4) is 0 Å². The Morgan fingerprint density at radius 2 is 1.71 bits per heavy atom. The third kappa shape index (κ3) is 3.39. The molecule has 120 valence electrons. The van der Waals surface area contributed by atoms with Crippen molar-refractivity contribution >= 4 is 11.9 Å². The zero-order valence-electron chi connectivity index (χ0n) is 13.3. The monoisotopic (exact) mass is 296 g/mol. The Kier molecular flexibility index (Phi) is 4.91. The quantitative estimate of drug-likeness (QED) is 0.834. The van der Waals surface area contributed by atoms with Crippen molar-refractivity contribution in [1.29, 1.82) is 0 Å². The normalized spacial score (nSPS) is 28.9. The van der Waals surface area contributed by atoms with E-state index in [4.69, 9.17) is 0 Å². The Hall–Kier alpha value is -1.10. The van der Waals surface area contributed by atoms with Crippen molar-refractivity contribution < 1.29 is 14.7 Å². The zero-order valence-corrected chi connectivity index (χ0v) is 13.3. The summed E-state index contributed by atoms with van der Waals surface area (Å²) in [6.45, 7) is 2.82. The number of piperidine rings is 1. The maximum absolute atomic E-state index is 13.0. The van der Waals surface area contributed by atoms with Crippen molar-refractivity contribution in [1.82, 2.24) is 10.2 Å². The van der Waals surface area contributed by atoms with Gasteiger partial charge in [-0.25, -0.2) is 0 Å². The molecule has 1 aliphatic heterocycles. The summed E-state index contributed by atoms with van der Waals surface area (Å²) in [5, 5.41) is 12.6. The molecule has 2 fully saturated rings. The van der Waals surface area contributed by atoms with E-state index in [-0.39, 0.29) is 12.3 Å². The molecule has 21 heavy (non-hydrogen) atoms. The van der Waals surface area contributed by atoms with E-state index in [2.05, 4.69) is 5.32 Å². The summed E-state index contributed by atoms with van der Waals surface area (Å²) >= 11 is 0. The summed E-state index contributed by atoms with van der Waals surface area (Å²) in [4.78, 5) is 26.0. The molecule has 5 heteroatoms. The third-order valence-corrected chi connectivity index (χ3v) is 5.37. The van der Waals surface area contributed by atoms with Crippen LogP contribution >= 0.6 is 0 Å². The van der Waals surface area contributed by atoms with Crippen LogP contribution in [0.25, 0.3) is 0 Å². The molecule has 0 spiro atoms. The summed E-state index contributed by atoms with van der Waals surface area (Å²) < 4.78 is 0. The second-order valence-corrected chi connectivity index (χ2v) is 6.94. The molecule has 1 atom stereocenters. The minimum Gasteiger partial charge on any atom is -0.481 e. The summed E-state index contributed by atoms with van der Waals surface area (Å²) in [6, 6.07) is 0. The number of hydrogen-bond donors (Lipinski definition) is 2. The van der Waals surface area contributed by atoms with E-state index in [0.29, 0.717) is 0 Å². The first kappa shape index (κ1) is 16.3. The first-order valence-electron chi connectivity index (χ1n) is 8.15. The van der Waals surface area contributed by atoms with Gasteiger partial charge in [0.1, 0.15) is 0 Å². The Labute approximate surface area is 127 Å². The molecule has 0 radical (unpaired) electrons. The van der Waals surface area contributed by atoms with Crippen LogP contribution in [0.15, 0.2) is 0 Å². The fourth-order valence-corrected chi connectivity index (χ4v) is 3.95. The predicted molar refractivity (Wildman–Crippen MR) is 81.1 cm³/mol. The molecule has 0 aromatic rings. The van der Waals surface area contributed by atoms with Crippen LogP contribution in [0.4, 0.5) is 0 Å². The van der Waals surface area contributed by atoms with Crippen LogP contribution in [-0.2, 0) is 9.59 Å². The van der Waals surface area contributed by atoms with Crippen LogP contribution in [0.5, 0.6) is 0 Å². The van der Waals surface area contributed by atoms with Crippen molar-refractivity contribution in [2.24, 2.45) is 0 Å². The number of nitrogens with zero attached hydrogens (tertiary/aromatic N) is 1. The average Bonchev–Trinajstić information content (AvgIpc) is 2.46. The summed E-state index contributed by atoms with van der Waals surface area (Å²) in [5.41, 5.74) is -1.03. The van der Waals surface area contributed by atoms with Gasteiger partial charge in [0.25, 0.3) is 0 Å². The lowest BCUT2D eigenvalue weighted by Crippen LogP contribution is -2.63. The van der Waals surface area contributed by atoms with Gasteiger partial charge >= 0.3 is 5.97 Å². The lowest BCUT2D eigenvalue weighted by molar-refractivity contribution is -0.150. The molecule has 1 saturated carbocycles. The Balaban J connectivity index is 2.18. The summed E-state index contributed by atoms with van der Waals surface area (Å²) in [5.74, 6) is -0.747. The molecule has 2 N–H and O–H groups in total. The lowest BCUT2D eigenvalue weighted by Gasteiger charge is -2.48. The van der Waals surface area contributed by atoms with E-state index in [0.717, 1.165) is 57.9 Å². The second-order valence-electron chi connectivity index (χ2n) is 6.94. The van der Waals surface area contributed by atoms with Crippen LogP contribution in [0.2, 0.25) is 0 Å². The minimum atomic E-state index is -0.807. The van der Waals surface area contributed by atoms with Gasteiger partial charge in [0.15, 0.2) is 0 Å². The summed E-state index contributed by atoms with van der Waals surface area (Å²) in [7, 11) is 1.80. The highest BCUT2D eigenvalue weighted by Gasteiger charge is 2.45. The number of amides is 1. The smallest absolute Gasteiger partial charge is 0.305 e. The van der Waals surface area contributed by atoms with E-state index < -0.39 is 17.0 Å². The number of likely N-dealkylation sites (N-methyl/N-ethyl adjacent to an activating group) is 1. The molecule has 2 aliphatic rings.